The van der Waals surface area contributed by atoms with Gasteiger partial charge in [0.2, 0.25) is 10.0 Å². The second-order valence-corrected chi connectivity index (χ2v) is 8.25. The van der Waals surface area contributed by atoms with Gasteiger partial charge in [-0.05, 0) is 47.9 Å². The first-order valence-electron chi connectivity index (χ1n) is 7.47. The van der Waals surface area contributed by atoms with Crippen LogP contribution in [0.5, 0.6) is 0 Å². The Hall–Kier alpha value is -0.910. The summed E-state index contributed by atoms with van der Waals surface area (Å²) in [4.78, 5) is 0.472. The van der Waals surface area contributed by atoms with Gasteiger partial charge in [0.1, 0.15) is 0 Å². The topological polar surface area (TPSA) is 49.4 Å². The van der Waals surface area contributed by atoms with Gasteiger partial charge in [-0.25, -0.2) is 8.42 Å². The van der Waals surface area contributed by atoms with Crippen molar-refractivity contribution >= 4 is 10.0 Å². The molecule has 2 heterocycles. The molecule has 0 spiro atoms. The molecular weight excluding hydrogens is 272 g/mol. The van der Waals surface area contributed by atoms with E-state index in [1.807, 2.05) is 12.1 Å². The summed E-state index contributed by atoms with van der Waals surface area (Å²) in [5, 5.41) is 3.26. The fraction of sp³-hybridized carbons (Fsp3) is 0.600. The molecule has 1 N–H and O–H groups in total. The first-order valence-corrected chi connectivity index (χ1v) is 8.91. The highest BCUT2D eigenvalue weighted by Crippen LogP contribution is 2.39. The van der Waals surface area contributed by atoms with Crippen molar-refractivity contribution in [1.82, 2.24) is 9.62 Å². The SMILES string of the molecule is O=S(=O)(c1ccc2c(c1)CNC2)N1CC2CCCC2C1. The Bertz CT molecular complexity index is 629. The minimum absolute atomic E-state index is 0.472. The van der Waals surface area contributed by atoms with Crippen molar-refractivity contribution in [2.45, 2.75) is 37.2 Å². The summed E-state index contributed by atoms with van der Waals surface area (Å²) in [5.41, 5.74) is 2.35. The van der Waals surface area contributed by atoms with Crippen molar-refractivity contribution < 1.29 is 8.42 Å². The monoisotopic (exact) mass is 292 g/mol. The van der Waals surface area contributed by atoms with Gasteiger partial charge in [-0.1, -0.05) is 12.5 Å². The van der Waals surface area contributed by atoms with Crippen LogP contribution >= 0.6 is 0 Å². The number of rotatable bonds is 2. The van der Waals surface area contributed by atoms with E-state index in [1.165, 1.54) is 24.8 Å². The average Bonchev–Trinajstić information content (AvgIpc) is 3.12. The molecule has 2 aliphatic heterocycles. The first-order chi connectivity index (χ1) is 9.64. The Balaban J connectivity index is 1.64. The lowest BCUT2D eigenvalue weighted by Gasteiger charge is -2.17. The maximum Gasteiger partial charge on any atom is 0.243 e. The van der Waals surface area contributed by atoms with Gasteiger partial charge in [0.05, 0.1) is 4.90 Å². The molecule has 2 unspecified atom stereocenters. The van der Waals surface area contributed by atoms with E-state index >= 15 is 0 Å². The van der Waals surface area contributed by atoms with Gasteiger partial charge in [0, 0.05) is 26.2 Å². The van der Waals surface area contributed by atoms with Crippen molar-refractivity contribution in [3.63, 3.8) is 0 Å². The number of hydrogen-bond donors (Lipinski definition) is 1. The minimum atomic E-state index is -3.30. The summed E-state index contributed by atoms with van der Waals surface area (Å²) in [6, 6.07) is 5.59. The minimum Gasteiger partial charge on any atom is -0.309 e. The van der Waals surface area contributed by atoms with E-state index in [0.29, 0.717) is 16.7 Å². The predicted molar refractivity (Wildman–Crippen MR) is 76.6 cm³/mol. The standard InChI is InChI=1S/C15H20N2O2S/c18-20(19,17-9-12-2-1-3-13(12)10-17)15-5-4-11-7-16-8-14(11)6-15/h4-6,12-13,16H,1-3,7-10H2. The first kappa shape index (κ1) is 12.8. The number of benzene rings is 1. The van der Waals surface area contributed by atoms with Gasteiger partial charge < -0.3 is 5.32 Å². The largest absolute Gasteiger partial charge is 0.309 e. The molecule has 1 saturated carbocycles. The molecule has 1 aromatic carbocycles. The number of hydrogen-bond acceptors (Lipinski definition) is 3. The normalized spacial score (nSPS) is 29.6. The summed E-state index contributed by atoms with van der Waals surface area (Å²) in [6.07, 6.45) is 3.67. The van der Waals surface area contributed by atoms with Gasteiger partial charge in [-0.3, -0.25) is 0 Å². The molecule has 0 bridgehead atoms. The van der Waals surface area contributed by atoms with E-state index in [9.17, 15) is 8.42 Å². The molecule has 2 fully saturated rings. The maximum atomic E-state index is 12.8. The van der Waals surface area contributed by atoms with E-state index in [1.54, 1.807) is 10.4 Å². The van der Waals surface area contributed by atoms with Crippen molar-refractivity contribution in [1.29, 1.82) is 0 Å². The van der Waals surface area contributed by atoms with E-state index in [-0.39, 0.29) is 0 Å². The number of sulfonamides is 1. The molecular formula is C15H20N2O2S. The molecule has 5 heteroatoms. The molecule has 20 heavy (non-hydrogen) atoms. The Morgan fingerprint density at radius 1 is 1.05 bits per heavy atom. The number of nitrogens with zero attached hydrogens (tertiary/aromatic N) is 1. The van der Waals surface area contributed by atoms with E-state index in [0.717, 1.165) is 31.7 Å². The van der Waals surface area contributed by atoms with Gasteiger partial charge in [-0.15, -0.1) is 0 Å². The van der Waals surface area contributed by atoms with Crippen molar-refractivity contribution in [3.8, 4) is 0 Å². The lowest BCUT2D eigenvalue weighted by Crippen LogP contribution is -2.29. The third kappa shape index (κ3) is 1.91. The van der Waals surface area contributed by atoms with Crippen LogP contribution in [0.25, 0.3) is 0 Å². The van der Waals surface area contributed by atoms with Crippen LogP contribution in [0.15, 0.2) is 23.1 Å². The average molecular weight is 292 g/mol. The molecule has 1 saturated heterocycles. The highest BCUT2D eigenvalue weighted by atomic mass is 32.2. The van der Waals surface area contributed by atoms with Crippen molar-refractivity contribution in [3.05, 3.63) is 29.3 Å². The van der Waals surface area contributed by atoms with Crippen molar-refractivity contribution in [2.75, 3.05) is 13.1 Å². The van der Waals surface area contributed by atoms with Crippen LogP contribution in [0.2, 0.25) is 0 Å². The Morgan fingerprint density at radius 2 is 1.75 bits per heavy atom. The lowest BCUT2D eigenvalue weighted by molar-refractivity contribution is 0.445. The molecule has 2 atom stereocenters. The van der Waals surface area contributed by atoms with Gasteiger partial charge in [0.15, 0.2) is 0 Å². The van der Waals surface area contributed by atoms with Crippen LogP contribution in [0.3, 0.4) is 0 Å². The van der Waals surface area contributed by atoms with Crippen LogP contribution in [-0.4, -0.2) is 25.8 Å². The third-order valence-electron chi connectivity index (χ3n) is 5.14. The molecule has 4 nitrogen and oxygen atoms in total. The summed E-state index contributed by atoms with van der Waals surface area (Å²) >= 11 is 0. The molecule has 4 rings (SSSR count). The quantitative estimate of drug-likeness (QED) is 0.903. The Labute approximate surface area is 120 Å². The van der Waals surface area contributed by atoms with E-state index in [4.69, 9.17) is 0 Å². The van der Waals surface area contributed by atoms with E-state index in [2.05, 4.69) is 5.32 Å². The maximum absolute atomic E-state index is 12.8. The molecule has 1 aliphatic carbocycles. The summed E-state index contributed by atoms with van der Waals surface area (Å²) in [7, 11) is -3.30. The molecule has 0 aromatic heterocycles. The number of nitrogens with one attached hydrogen (secondary N) is 1. The summed E-state index contributed by atoms with van der Waals surface area (Å²) < 4.78 is 27.3. The number of fused-ring (bicyclic) bond motifs is 2. The van der Waals surface area contributed by atoms with Crippen LogP contribution in [0.4, 0.5) is 0 Å². The second-order valence-electron chi connectivity index (χ2n) is 6.31. The highest BCUT2D eigenvalue weighted by Gasteiger charge is 2.41. The third-order valence-corrected chi connectivity index (χ3v) is 6.97. The molecule has 0 amide bonds. The Kier molecular flexibility index (Phi) is 2.91. The van der Waals surface area contributed by atoms with Gasteiger partial charge in [0.25, 0.3) is 0 Å². The smallest absolute Gasteiger partial charge is 0.243 e. The fourth-order valence-corrected chi connectivity index (χ4v) is 5.57. The van der Waals surface area contributed by atoms with Crippen LogP contribution in [0, 0.1) is 11.8 Å². The van der Waals surface area contributed by atoms with Gasteiger partial charge in [-0.2, -0.15) is 4.31 Å². The zero-order valence-electron chi connectivity index (χ0n) is 11.5. The fourth-order valence-electron chi connectivity index (χ4n) is 3.97. The van der Waals surface area contributed by atoms with Crippen LogP contribution in [0.1, 0.15) is 30.4 Å². The zero-order valence-corrected chi connectivity index (χ0v) is 12.3. The van der Waals surface area contributed by atoms with E-state index < -0.39 is 10.0 Å². The molecule has 1 aromatic rings. The predicted octanol–water partition coefficient (Wildman–Crippen LogP) is 1.71. The van der Waals surface area contributed by atoms with Crippen molar-refractivity contribution in [2.24, 2.45) is 11.8 Å². The van der Waals surface area contributed by atoms with Gasteiger partial charge >= 0.3 is 0 Å². The molecule has 3 aliphatic rings. The van der Waals surface area contributed by atoms with Crippen LogP contribution < -0.4 is 5.32 Å². The summed E-state index contributed by atoms with van der Waals surface area (Å²) in [6.45, 7) is 3.08. The zero-order chi connectivity index (χ0) is 13.7. The van der Waals surface area contributed by atoms with Crippen LogP contribution in [-0.2, 0) is 23.1 Å². The summed E-state index contributed by atoms with van der Waals surface area (Å²) in [5.74, 6) is 1.20. The lowest BCUT2D eigenvalue weighted by atomic mass is 10.0. The second kappa shape index (κ2) is 4.55. The Morgan fingerprint density at radius 3 is 2.50 bits per heavy atom. The molecule has 108 valence electrons. The highest BCUT2D eigenvalue weighted by molar-refractivity contribution is 7.89. The molecule has 0 radical (unpaired) electrons.